The van der Waals surface area contributed by atoms with E-state index in [9.17, 15) is 4.79 Å². The zero-order chi connectivity index (χ0) is 18.6. The normalized spacial score (nSPS) is 20.6. The Kier molecular flexibility index (Phi) is 5.54. The summed E-state index contributed by atoms with van der Waals surface area (Å²) in [5.74, 6) is 0.754. The van der Waals surface area contributed by atoms with Crippen LogP contribution in [0.2, 0.25) is 0 Å². The second kappa shape index (κ2) is 8.22. The van der Waals surface area contributed by atoms with Gasteiger partial charge in [-0.1, -0.05) is 5.16 Å². The van der Waals surface area contributed by atoms with E-state index < -0.39 is 0 Å². The van der Waals surface area contributed by atoms with E-state index in [2.05, 4.69) is 10.3 Å². The monoisotopic (exact) mass is 374 g/mol. The molecule has 146 valence electrons. The molecule has 0 N–H and O–H groups in total. The van der Waals surface area contributed by atoms with Gasteiger partial charge >= 0.3 is 0 Å². The van der Waals surface area contributed by atoms with Crippen LogP contribution in [0.25, 0.3) is 0 Å². The Bertz CT molecular complexity index is 765. The van der Waals surface area contributed by atoms with Crippen molar-refractivity contribution in [1.29, 1.82) is 0 Å². The standard InChI is InChI=1S/C19H26N4O4/c1-14-10-18(27-21-14)19(24)22-11-16-2-6-20-23(16)17(12-22)5-9-26-13-15-3-7-25-8-4-15/h2,6,10,15,17H,3-5,7-9,11-13H2,1H3/t17-/m1/s1. The van der Waals surface area contributed by atoms with Crippen molar-refractivity contribution in [3.63, 3.8) is 0 Å². The van der Waals surface area contributed by atoms with Crippen LogP contribution >= 0.6 is 0 Å². The Hall–Kier alpha value is -2.19. The van der Waals surface area contributed by atoms with E-state index in [1.54, 1.807) is 17.2 Å². The third kappa shape index (κ3) is 4.22. The molecule has 2 aromatic rings. The molecule has 4 heterocycles. The number of rotatable bonds is 6. The number of aryl methyl sites for hydroxylation is 1. The lowest BCUT2D eigenvalue weighted by Crippen LogP contribution is -2.41. The minimum Gasteiger partial charge on any atom is -0.381 e. The zero-order valence-corrected chi connectivity index (χ0v) is 15.7. The highest BCUT2D eigenvalue weighted by molar-refractivity contribution is 5.91. The number of carbonyl (C=O) groups is 1. The van der Waals surface area contributed by atoms with E-state index >= 15 is 0 Å². The number of aromatic nitrogens is 3. The maximum absolute atomic E-state index is 12.7. The number of carbonyl (C=O) groups excluding carboxylic acids is 1. The third-order valence-corrected chi connectivity index (χ3v) is 5.30. The number of ether oxygens (including phenoxy) is 2. The van der Waals surface area contributed by atoms with Crippen molar-refractivity contribution in [2.75, 3.05) is 33.0 Å². The summed E-state index contributed by atoms with van der Waals surface area (Å²) in [6.07, 6.45) is 4.76. The zero-order valence-electron chi connectivity index (χ0n) is 15.7. The van der Waals surface area contributed by atoms with Gasteiger partial charge in [-0.25, -0.2) is 0 Å². The molecule has 0 bridgehead atoms. The third-order valence-electron chi connectivity index (χ3n) is 5.30. The largest absolute Gasteiger partial charge is 0.381 e. The van der Waals surface area contributed by atoms with Gasteiger partial charge in [0.2, 0.25) is 5.76 Å². The smallest absolute Gasteiger partial charge is 0.292 e. The van der Waals surface area contributed by atoms with Crippen LogP contribution in [0.4, 0.5) is 0 Å². The summed E-state index contributed by atoms with van der Waals surface area (Å²) in [5.41, 5.74) is 1.73. The summed E-state index contributed by atoms with van der Waals surface area (Å²) in [6.45, 7) is 6.04. The molecule has 4 rings (SSSR count). The van der Waals surface area contributed by atoms with E-state index in [0.717, 1.165) is 44.8 Å². The fourth-order valence-electron chi connectivity index (χ4n) is 3.76. The van der Waals surface area contributed by atoms with E-state index in [0.29, 0.717) is 31.3 Å². The van der Waals surface area contributed by atoms with E-state index in [1.165, 1.54) is 0 Å². The first kappa shape index (κ1) is 18.2. The van der Waals surface area contributed by atoms with Crippen LogP contribution in [0.3, 0.4) is 0 Å². The van der Waals surface area contributed by atoms with Crippen LogP contribution < -0.4 is 0 Å². The van der Waals surface area contributed by atoms with Crippen LogP contribution in [0.15, 0.2) is 22.9 Å². The highest BCUT2D eigenvalue weighted by Gasteiger charge is 2.30. The van der Waals surface area contributed by atoms with Crippen LogP contribution in [0.1, 0.15) is 47.2 Å². The van der Waals surface area contributed by atoms with E-state index in [1.807, 2.05) is 17.7 Å². The minimum atomic E-state index is -0.129. The second-order valence-electron chi connectivity index (χ2n) is 7.36. The lowest BCUT2D eigenvalue weighted by Gasteiger charge is -2.33. The molecule has 0 aromatic carbocycles. The average Bonchev–Trinajstić information content (AvgIpc) is 3.34. The summed E-state index contributed by atoms with van der Waals surface area (Å²) in [7, 11) is 0. The number of hydrogen-bond acceptors (Lipinski definition) is 6. The summed E-state index contributed by atoms with van der Waals surface area (Å²) in [4.78, 5) is 14.6. The van der Waals surface area contributed by atoms with Crippen molar-refractivity contribution in [2.45, 2.75) is 38.8 Å². The molecule has 0 aliphatic carbocycles. The first-order valence-corrected chi connectivity index (χ1v) is 9.61. The molecular weight excluding hydrogens is 348 g/mol. The topological polar surface area (TPSA) is 82.6 Å². The van der Waals surface area contributed by atoms with Crippen molar-refractivity contribution in [2.24, 2.45) is 5.92 Å². The molecule has 8 nitrogen and oxygen atoms in total. The summed E-state index contributed by atoms with van der Waals surface area (Å²) >= 11 is 0. The molecule has 1 amide bonds. The highest BCUT2D eigenvalue weighted by atomic mass is 16.5. The van der Waals surface area contributed by atoms with Crippen molar-refractivity contribution in [1.82, 2.24) is 19.8 Å². The maximum atomic E-state index is 12.7. The van der Waals surface area contributed by atoms with Gasteiger partial charge in [0.25, 0.3) is 5.91 Å². The van der Waals surface area contributed by atoms with Gasteiger partial charge < -0.3 is 18.9 Å². The predicted octanol–water partition coefficient (Wildman–Crippen LogP) is 2.21. The molecule has 1 fully saturated rings. The van der Waals surface area contributed by atoms with Crippen LogP contribution in [-0.2, 0) is 16.0 Å². The Morgan fingerprint density at radius 3 is 3.00 bits per heavy atom. The molecule has 0 radical (unpaired) electrons. The molecule has 1 saturated heterocycles. The molecule has 27 heavy (non-hydrogen) atoms. The predicted molar refractivity (Wildman–Crippen MR) is 96.2 cm³/mol. The quantitative estimate of drug-likeness (QED) is 0.721. The Morgan fingerprint density at radius 1 is 1.37 bits per heavy atom. The van der Waals surface area contributed by atoms with Gasteiger partial charge in [0.05, 0.1) is 24.0 Å². The molecule has 2 aliphatic rings. The fraction of sp³-hybridized carbons (Fsp3) is 0.632. The molecule has 0 saturated carbocycles. The number of amides is 1. The SMILES string of the molecule is Cc1cc(C(=O)N2Cc3ccnn3[C@H](CCOCC3CCOCC3)C2)on1. The number of fused-ring (bicyclic) bond motifs is 1. The number of hydrogen-bond donors (Lipinski definition) is 0. The Morgan fingerprint density at radius 2 is 2.22 bits per heavy atom. The fourth-order valence-corrected chi connectivity index (χ4v) is 3.76. The lowest BCUT2D eigenvalue weighted by atomic mass is 10.0. The summed E-state index contributed by atoms with van der Waals surface area (Å²) < 4.78 is 18.5. The van der Waals surface area contributed by atoms with Gasteiger partial charge in [0.15, 0.2) is 0 Å². The molecular formula is C19H26N4O4. The van der Waals surface area contributed by atoms with E-state index in [-0.39, 0.29) is 17.7 Å². The van der Waals surface area contributed by atoms with Crippen molar-refractivity contribution in [3.8, 4) is 0 Å². The van der Waals surface area contributed by atoms with Crippen LogP contribution in [0.5, 0.6) is 0 Å². The van der Waals surface area contributed by atoms with Gasteiger partial charge in [-0.05, 0) is 38.2 Å². The minimum absolute atomic E-state index is 0.103. The van der Waals surface area contributed by atoms with Gasteiger partial charge in [-0.3, -0.25) is 9.48 Å². The number of nitrogens with zero attached hydrogens (tertiary/aromatic N) is 4. The Labute approximate surface area is 158 Å². The molecule has 2 aromatic heterocycles. The highest BCUT2D eigenvalue weighted by Crippen LogP contribution is 2.25. The van der Waals surface area contributed by atoms with Gasteiger partial charge in [-0.2, -0.15) is 5.10 Å². The van der Waals surface area contributed by atoms with Crippen molar-refractivity contribution >= 4 is 5.91 Å². The summed E-state index contributed by atoms with van der Waals surface area (Å²) in [6, 6.07) is 3.74. The molecule has 8 heteroatoms. The molecule has 0 unspecified atom stereocenters. The maximum Gasteiger partial charge on any atom is 0.292 e. The van der Waals surface area contributed by atoms with Crippen molar-refractivity contribution < 1.29 is 18.8 Å². The molecule has 0 spiro atoms. The van der Waals surface area contributed by atoms with Crippen molar-refractivity contribution in [3.05, 3.63) is 35.5 Å². The van der Waals surface area contributed by atoms with E-state index in [4.69, 9.17) is 14.0 Å². The first-order valence-electron chi connectivity index (χ1n) is 9.61. The second-order valence-corrected chi connectivity index (χ2v) is 7.36. The average molecular weight is 374 g/mol. The van der Waals surface area contributed by atoms with Gasteiger partial charge in [0, 0.05) is 45.2 Å². The van der Waals surface area contributed by atoms with Gasteiger partial charge in [0.1, 0.15) is 0 Å². The molecule has 2 aliphatic heterocycles. The van der Waals surface area contributed by atoms with Gasteiger partial charge in [-0.15, -0.1) is 0 Å². The lowest BCUT2D eigenvalue weighted by molar-refractivity contribution is 0.0155. The molecule has 1 atom stereocenters. The first-order chi connectivity index (χ1) is 13.2. The van der Waals surface area contributed by atoms with Crippen LogP contribution in [0, 0.1) is 12.8 Å². The van der Waals surface area contributed by atoms with Crippen LogP contribution in [-0.4, -0.2) is 58.7 Å². The Balaban J connectivity index is 1.34. The summed E-state index contributed by atoms with van der Waals surface area (Å²) in [5, 5.41) is 8.27.